The van der Waals surface area contributed by atoms with Gasteiger partial charge >= 0.3 is 0 Å². The molecule has 0 unspecified atom stereocenters. The average Bonchev–Trinajstić information content (AvgIpc) is 2.31. The average molecular weight is 287 g/mol. The molecule has 0 saturated heterocycles. The Hall–Kier alpha value is -1.03. The summed E-state index contributed by atoms with van der Waals surface area (Å²) >= 11 is 12.8. The molecule has 0 heterocycles. The molecule has 2 nitrogen and oxygen atoms in total. The van der Waals surface area contributed by atoms with E-state index in [0.717, 1.165) is 0 Å². The molecule has 2 N–H and O–H groups in total. The summed E-state index contributed by atoms with van der Waals surface area (Å²) in [4.78, 5) is 1.13. The highest BCUT2D eigenvalue weighted by molar-refractivity contribution is 7.99. The Morgan fingerprint density at radius 3 is 1.59 bits per heavy atom. The lowest BCUT2D eigenvalue weighted by Crippen LogP contribution is -1.78. The summed E-state index contributed by atoms with van der Waals surface area (Å²) in [6, 6.07) is 10.1. The van der Waals surface area contributed by atoms with Crippen LogP contribution < -0.4 is 0 Å². The van der Waals surface area contributed by atoms with Crippen LogP contribution in [0.15, 0.2) is 46.2 Å². The van der Waals surface area contributed by atoms with Gasteiger partial charge in [-0.1, -0.05) is 47.1 Å². The minimum atomic E-state index is -0.00135. The summed E-state index contributed by atoms with van der Waals surface area (Å²) in [7, 11) is 0. The number of aromatic hydroxyl groups is 2. The Morgan fingerprint density at radius 1 is 0.765 bits per heavy atom. The Bertz CT molecular complexity index is 509. The fraction of sp³-hybridized carbons (Fsp3) is 0. The van der Waals surface area contributed by atoms with Gasteiger partial charge in [-0.3, -0.25) is 0 Å². The molecule has 0 bridgehead atoms. The standard InChI is InChI=1S/C12H8Cl2O2S/c13-7-3-1-5-9(11(7)15)17-10-6-2-4-8(14)12(10)16/h1-6,15-16H. The highest BCUT2D eigenvalue weighted by Gasteiger charge is 2.11. The zero-order valence-corrected chi connectivity index (χ0v) is 10.9. The Balaban J connectivity index is 2.38. The van der Waals surface area contributed by atoms with E-state index in [0.29, 0.717) is 9.79 Å². The molecule has 88 valence electrons. The van der Waals surface area contributed by atoms with Crippen molar-refractivity contribution in [2.24, 2.45) is 0 Å². The van der Waals surface area contributed by atoms with E-state index < -0.39 is 0 Å². The second kappa shape index (κ2) is 5.08. The van der Waals surface area contributed by atoms with Gasteiger partial charge in [-0.25, -0.2) is 0 Å². The third-order valence-corrected chi connectivity index (χ3v) is 3.83. The lowest BCUT2D eigenvalue weighted by atomic mass is 10.3. The highest BCUT2D eigenvalue weighted by Crippen LogP contribution is 2.43. The summed E-state index contributed by atoms with van der Waals surface area (Å²) in [5, 5.41) is 20.1. The molecule has 0 aliphatic rings. The van der Waals surface area contributed by atoms with Crippen LogP contribution in [-0.2, 0) is 0 Å². The first kappa shape index (κ1) is 12.4. The fourth-order valence-corrected chi connectivity index (χ4v) is 2.68. The smallest absolute Gasteiger partial charge is 0.148 e. The highest BCUT2D eigenvalue weighted by atomic mass is 35.5. The van der Waals surface area contributed by atoms with Crippen LogP contribution in [0.1, 0.15) is 0 Å². The zero-order valence-electron chi connectivity index (χ0n) is 8.52. The molecule has 0 radical (unpaired) electrons. The van der Waals surface area contributed by atoms with Crippen LogP contribution in [0.3, 0.4) is 0 Å². The van der Waals surface area contributed by atoms with E-state index >= 15 is 0 Å². The van der Waals surface area contributed by atoms with Crippen molar-refractivity contribution < 1.29 is 10.2 Å². The Labute approximate surface area is 113 Å². The van der Waals surface area contributed by atoms with Crippen molar-refractivity contribution in [3.63, 3.8) is 0 Å². The molecular weight excluding hydrogens is 279 g/mol. The van der Waals surface area contributed by atoms with E-state index in [1.807, 2.05) is 0 Å². The van der Waals surface area contributed by atoms with Crippen LogP contribution in [0.2, 0.25) is 10.0 Å². The van der Waals surface area contributed by atoms with Gasteiger partial charge in [0.15, 0.2) is 0 Å². The van der Waals surface area contributed by atoms with Crippen LogP contribution in [0.25, 0.3) is 0 Å². The fourth-order valence-electron chi connectivity index (χ4n) is 1.27. The van der Waals surface area contributed by atoms with E-state index in [1.165, 1.54) is 11.8 Å². The van der Waals surface area contributed by atoms with Gasteiger partial charge in [-0.05, 0) is 24.3 Å². The van der Waals surface area contributed by atoms with Crippen molar-refractivity contribution >= 4 is 35.0 Å². The van der Waals surface area contributed by atoms with Gasteiger partial charge < -0.3 is 10.2 Å². The van der Waals surface area contributed by atoms with Gasteiger partial charge in [0.25, 0.3) is 0 Å². The van der Waals surface area contributed by atoms with Gasteiger partial charge in [0.1, 0.15) is 11.5 Å². The third kappa shape index (κ3) is 2.63. The topological polar surface area (TPSA) is 40.5 Å². The maximum atomic E-state index is 9.75. The first-order valence-electron chi connectivity index (χ1n) is 4.72. The van der Waals surface area contributed by atoms with E-state index in [1.54, 1.807) is 36.4 Å². The molecular formula is C12H8Cl2O2S. The van der Waals surface area contributed by atoms with Gasteiger partial charge in [0.2, 0.25) is 0 Å². The Kier molecular flexibility index (Phi) is 3.72. The van der Waals surface area contributed by atoms with E-state index in [9.17, 15) is 10.2 Å². The van der Waals surface area contributed by atoms with E-state index in [2.05, 4.69) is 0 Å². The number of para-hydroxylation sites is 2. The number of hydrogen-bond acceptors (Lipinski definition) is 3. The van der Waals surface area contributed by atoms with Crippen molar-refractivity contribution in [2.45, 2.75) is 9.79 Å². The number of halogens is 2. The molecule has 0 spiro atoms. The molecule has 0 aliphatic carbocycles. The minimum absolute atomic E-state index is 0.00135. The summed E-state index contributed by atoms with van der Waals surface area (Å²) in [5.41, 5.74) is 0. The maximum absolute atomic E-state index is 9.75. The molecule has 0 aromatic heterocycles. The molecule has 0 atom stereocenters. The van der Waals surface area contributed by atoms with Crippen molar-refractivity contribution in [1.29, 1.82) is 0 Å². The third-order valence-electron chi connectivity index (χ3n) is 2.12. The first-order valence-corrected chi connectivity index (χ1v) is 6.29. The summed E-state index contributed by atoms with van der Waals surface area (Å²) in [6.45, 7) is 0. The van der Waals surface area contributed by atoms with Crippen molar-refractivity contribution in [1.82, 2.24) is 0 Å². The first-order chi connectivity index (χ1) is 8.09. The van der Waals surface area contributed by atoms with Crippen molar-refractivity contribution in [3.05, 3.63) is 46.4 Å². The second-order valence-electron chi connectivity index (χ2n) is 3.28. The Morgan fingerprint density at radius 2 is 1.18 bits per heavy atom. The molecule has 2 aromatic carbocycles. The molecule has 0 saturated carbocycles. The largest absolute Gasteiger partial charge is 0.505 e. The van der Waals surface area contributed by atoms with Crippen LogP contribution in [0, 0.1) is 0 Å². The van der Waals surface area contributed by atoms with Gasteiger partial charge in [-0.2, -0.15) is 0 Å². The molecule has 0 aliphatic heterocycles. The number of benzene rings is 2. The normalized spacial score (nSPS) is 10.5. The van der Waals surface area contributed by atoms with Crippen molar-refractivity contribution in [2.75, 3.05) is 0 Å². The molecule has 17 heavy (non-hydrogen) atoms. The number of rotatable bonds is 2. The molecule has 2 aromatic rings. The van der Waals surface area contributed by atoms with Gasteiger partial charge in [0.05, 0.1) is 19.8 Å². The SMILES string of the molecule is Oc1c(Cl)cccc1Sc1cccc(Cl)c1O. The maximum Gasteiger partial charge on any atom is 0.148 e. The lowest BCUT2D eigenvalue weighted by molar-refractivity contribution is 0.460. The number of phenolic OH excluding ortho intramolecular Hbond substituents is 2. The number of phenols is 2. The van der Waals surface area contributed by atoms with Gasteiger partial charge in [0, 0.05) is 0 Å². The van der Waals surface area contributed by atoms with Crippen LogP contribution >= 0.6 is 35.0 Å². The zero-order chi connectivity index (χ0) is 12.4. The predicted octanol–water partition coefficient (Wildman–Crippen LogP) is 4.56. The molecule has 2 rings (SSSR count). The molecule has 0 fully saturated rings. The summed E-state index contributed by atoms with van der Waals surface area (Å²) in [6.07, 6.45) is 0. The van der Waals surface area contributed by atoms with Gasteiger partial charge in [-0.15, -0.1) is 0 Å². The second-order valence-corrected chi connectivity index (χ2v) is 5.17. The monoisotopic (exact) mass is 286 g/mol. The summed E-state index contributed by atoms with van der Waals surface area (Å²) in [5.74, 6) is -0.00270. The molecule has 0 amide bonds. The van der Waals surface area contributed by atoms with E-state index in [-0.39, 0.29) is 21.5 Å². The predicted molar refractivity (Wildman–Crippen MR) is 70.4 cm³/mol. The van der Waals surface area contributed by atoms with Crippen LogP contribution in [0.4, 0.5) is 0 Å². The minimum Gasteiger partial charge on any atom is -0.505 e. The van der Waals surface area contributed by atoms with Crippen molar-refractivity contribution in [3.8, 4) is 11.5 Å². The number of hydrogen-bond donors (Lipinski definition) is 2. The molecule has 5 heteroatoms. The quantitative estimate of drug-likeness (QED) is 0.851. The van der Waals surface area contributed by atoms with Crippen LogP contribution in [0.5, 0.6) is 11.5 Å². The lowest BCUT2D eigenvalue weighted by Gasteiger charge is -2.07. The van der Waals surface area contributed by atoms with E-state index in [4.69, 9.17) is 23.2 Å². The van der Waals surface area contributed by atoms with Crippen LogP contribution in [-0.4, -0.2) is 10.2 Å². The summed E-state index contributed by atoms with van der Waals surface area (Å²) < 4.78 is 0.